The van der Waals surface area contributed by atoms with Gasteiger partial charge in [0.25, 0.3) is 5.91 Å². The summed E-state index contributed by atoms with van der Waals surface area (Å²) in [6.45, 7) is 7.63. The number of aliphatic hydroxyl groups is 1. The number of benzene rings is 4. The second-order valence-corrected chi connectivity index (χ2v) is 20.4. The Morgan fingerprint density at radius 3 is 2.37 bits per heavy atom. The van der Waals surface area contributed by atoms with Crippen LogP contribution in [0, 0.1) is 9.49 Å². The van der Waals surface area contributed by atoms with Crippen LogP contribution < -0.4 is 14.8 Å². The van der Waals surface area contributed by atoms with E-state index in [0.717, 1.165) is 36.2 Å². The number of hydrogen-bond acceptors (Lipinski definition) is 5. The molecule has 0 aromatic heterocycles. The SMILES string of the molecule is COc1ccc([Si](C)(C)[C@@H]2[C@@H](CC(=O)N(CCO)Cc3ccccc3)O[C@]3(C(=O)N(Cc4ccc(I)cc4)c4ccc(Br)cc43)[C@H]2C)cc1. The fraction of sp³-hybridized carbons (Fsp3) is 0.333. The lowest BCUT2D eigenvalue weighted by Crippen LogP contribution is -2.52. The average Bonchev–Trinajstić information content (AvgIpc) is 3.51. The Morgan fingerprint density at radius 1 is 1.02 bits per heavy atom. The van der Waals surface area contributed by atoms with E-state index in [2.05, 4.69) is 94.9 Å². The highest BCUT2D eigenvalue weighted by molar-refractivity contribution is 14.1. The molecule has 256 valence electrons. The molecule has 49 heavy (non-hydrogen) atoms. The molecular formula is C39H42BrIN2O5Si. The molecule has 0 radical (unpaired) electrons. The maximum atomic E-state index is 15.0. The molecule has 0 bridgehead atoms. The van der Waals surface area contributed by atoms with Crippen LogP contribution >= 0.6 is 38.5 Å². The van der Waals surface area contributed by atoms with Crippen LogP contribution in [0.3, 0.4) is 0 Å². The van der Waals surface area contributed by atoms with E-state index in [-0.39, 0.29) is 42.8 Å². The van der Waals surface area contributed by atoms with E-state index >= 15 is 4.79 Å². The van der Waals surface area contributed by atoms with Gasteiger partial charge in [-0.15, -0.1) is 0 Å². The largest absolute Gasteiger partial charge is 0.497 e. The summed E-state index contributed by atoms with van der Waals surface area (Å²) >= 11 is 5.97. The zero-order chi connectivity index (χ0) is 34.9. The lowest BCUT2D eigenvalue weighted by molar-refractivity contribution is -0.150. The molecule has 1 saturated heterocycles. The van der Waals surface area contributed by atoms with Crippen molar-refractivity contribution in [3.63, 3.8) is 0 Å². The Kier molecular flexibility index (Phi) is 10.7. The molecule has 2 heterocycles. The van der Waals surface area contributed by atoms with Crippen LogP contribution in [-0.2, 0) is 33.0 Å². The van der Waals surface area contributed by atoms with Gasteiger partial charge in [-0.2, -0.15) is 0 Å². The first-order valence-corrected chi connectivity index (χ1v) is 21.6. The van der Waals surface area contributed by atoms with Gasteiger partial charge in [-0.05, 0) is 81.7 Å². The second kappa shape index (κ2) is 14.7. The number of hydrogen-bond donors (Lipinski definition) is 1. The van der Waals surface area contributed by atoms with Crippen molar-refractivity contribution >= 4 is 69.3 Å². The predicted octanol–water partition coefficient (Wildman–Crippen LogP) is 7.24. The quantitative estimate of drug-likeness (QED) is 0.127. The first-order chi connectivity index (χ1) is 23.5. The summed E-state index contributed by atoms with van der Waals surface area (Å²) in [6.07, 6.45) is -0.429. The number of ether oxygens (including phenoxy) is 2. The number of fused-ring (bicyclic) bond motifs is 2. The molecule has 6 rings (SSSR count). The van der Waals surface area contributed by atoms with Gasteiger partial charge in [0.2, 0.25) is 5.91 Å². The molecule has 1 spiro atoms. The van der Waals surface area contributed by atoms with Crippen molar-refractivity contribution < 1.29 is 24.2 Å². The van der Waals surface area contributed by atoms with Crippen molar-refractivity contribution in [2.75, 3.05) is 25.2 Å². The minimum Gasteiger partial charge on any atom is -0.497 e. The molecule has 0 aliphatic carbocycles. The Balaban J connectivity index is 1.42. The van der Waals surface area contributed by atoms with Gasteiger partial charge < -0.3 is 24.4 Å². The number of halogens is 2. The Hall–Kier alpha value is -3.03. The minimum absolute atomic E-state index is 0.0911. The molecule has 10 heteroatoms. The fourth-order valence-corrected chi connectivity index (χ4v) is 12.7. The molecule has 0 unspecified atom stereocenters. The number of nitrogens with zero attached hydrogens (tertiary/aromatic N) is 2. The maximum absolute atomic E-state index is 15.0. The van der Waals surface area contributed by atoms with Gasteiger partial charge in [0.05, 0.1) is 46.5 Å². The maximum Gasteiger partial charge on any atom is 0.264 e. The third-order valence-corrected chi connectivity index (χ3v) is 15.9. The number of amides is 2. The van der Waals surface area contributed by atoms with Crippen LogP contribution in [0.2, 0.25) is 18.6 Å². The van der Waals surface area contributed by atoms with E-state index in [1.54, 1.807) is 12.0 Å². The molecule has 4 atom stereocenters. The van der Waals surface area contributed by atoms with Gasteiger partial charge >= 0.3 is 0 Å². The van der Waals surface area contributed by atoms with Crippen LogP contribution in [-0.4, -0.2) is 56.3 Å². The molecule has 1 N–H and O–H groups in total. The van der Waals surface area contributed by atoms with Crippen molar-refractivity contribution in [3.8, 4) is 5.75 Å². The van der Waals surface area contributed by atoms with Gasteiger partial charge in [-0.1, -0.05) is 95.7 Å². The predicted molar refractivity (Wildman–Crippen MR) is 208 cm³/mol. The highest BCUT2D eigenvalue weighted by atomic mass is 127. The highest BCUT2D eigenvalue weighted by Crippen LogP contribution is 2.60. The molecular weight excluding hydrogens is 811 g/mol. The molecule has 4 aromatic rings. The molecule has 7 nitrogen and oxygen atoms in total. The number of aliphatic hydroxyl groups excluding tert-OH is 1. The summed E-state index contributed by atoms with van der Waals surface area (Å²) in [7, 11) is -0.787. The lowest BCUT2D eigenvalue weighted by atomic mass is 9.82. The van der Waals surface area contributed by atoms with Crippen LogP contribution in [0.1, 0.15) is 30.0 Å². The summed E-state index contributed by atoms with van der Waals surface area (Å²) in [5.41, 5.74) is 2.33. The summed E-state index contributed by atoms with van der Waals surface area (Å²) < 4.78 is 14.7. The van der Waals surface area contributed by atoms with E-state index in [4.69, 9.17) is 9.47 Å². The van der Waals surface area contributed by atoms with Gasteiger partial charge in [0.15, 0.2) is 5.60 Å². The van der Waals surface area contributed by atoms with Gasteiger partial charge in [0.1, 0.15) is 5.75 Å². The molecule has 2 amide bonds. The zero-order valence-electron chi connectivity index (χ0n) is 28.2. The normalized spacial score (nSPS) is 21.7. The van der Waals surface area contributed by atoms with Crippen molar-refractivity contribution in [3.05, 3.63) is 122 Å². The van der Waals surface area contributed by atoms with Crippen molar-refractivity contribution in [1.82, 2.24) is 4.90 Å². The first kappa shape index (κ1) is 35.8. The van der Waals surface area contributed by atoms with E-state index in [9.17, 15) is 9.90 Å². The number of rotatable bonds is 11. The van der Waals surface area contributed by atoms with Gasteiger partial charge in [0, 0.05) is 32.6 Å². The highest BCUT2D eigenvalue weighted by Gasteiger charge is 2.66. The van der Waals surface area contributed by atoms with E-state index in [0.29, 0.717) is 13.1 Å². The van der Waals surface area contributed by atoms with Crippen molar-refractivity contribution in [1.29, 1.82) is 0 Å². The number of methoxy groups -OCH3 is 1. The summed E-state index contributed by atoms with van der Waals surface area (Å²) in [6, 6.07) is 32.2. The third kappa shape index (κ3) is 6.86. The second-order valence-electron chi connectivity index (χ2n) is 13.6. The third-order valence-electron chi connectivity index (χ3n) is 10.4. The van der Waals surface area contributed by atoms with Crippen molar-refractivity contribution in [2.24, 2.45) is 5.92 Å². The summed E-state index contributed by atoms with van der Waals surface area (Å²) in [5, 5.41) is 11.2. The van der Waals surface area contributed by atoms with Crippen LogP contribution in [0.15, 0.2) is 102 Å². The van der Waals surface area contributed by atoms with E-state index in [1.165, 1.54) is 5.19 Å². The number of carbonyl (C=O) groups excluding carboxylic acids is 2. The topological polar surface area (TPSA) is 79.3 Å². The first-order valence-electron chi connectivity index (χ1n) is 16.6. The summed E-state index contributed by atoms with van der Waals surface area (Å²) in [5.74, 6) is 0.343. The average molecular weight is 854 g/mol. The smallest absolute Gasteiger partial charge is 0.264 e. The molecule has 2 aliphatic heterocycles. The van der Waals surface area contributed by atoms with E-state index < -0.39 is 19.8 Å². The molecule has 1 fully saturated rings. The van der Waals surface area contributed by atoms with Crippen LogP contribution in [0.5, 0.6) is 5.75 Å². The Bertz CT molecular complexity index is 1810. The van der Waals surface area contributed by atoms with Gasteiger partial charge in [-0.3, -0.25) is 9.59 Å². The Labute approximate surface area is 311 Å². The van der Waals surface area contributed by atoms with Crippen LogP contribution in [0.4, 0.5) is 5.69 Å². The molecule has 2 aliphatic rings. The van der Waals surface area contributed by atoms with Crippen LogP contribution in [0.25, 0.3) is 0 Å². The lowest BCUT2D eigenvalue weighted by Gasteiger charge is -2.37. The number of anilines is 1. The fourth-order valence-electron chi connectivity index (χ4n) is 7.93. The minimum atomic E-state index is -2.45. The monoisotopic (exact) mass is 852 g/mol. The van der Waals surface area contributed by atoms with E-state index in [1.807, 2.05) is 65.6 Å². The number of carbonyl (C=O) groups is 2. The zero-order valence-corrected chi connectivity index (χ0v) is 33.0. The molecule has 4 aromatic carbocycles. The standard InChI is InChI=1S/C39H42BrIN2O5Si/c1-26-37(49(3,4)32-17-15-31(47-2)16-18-32)35(23-36(45)42(20-21-44)24-27-8-6-5-7-9-27)48-39(26)33-22-29(40)12-19-34(33)43(38(39)46)25-28-10-13-30(41)14-11-28/h5-19,22,26,35,37,44H,20-21,23-25H2,1-4H3/t26-,35+,37-,39+/m0/s1. The van der Waals surface area contributed by atoms with Gasteiger partial charge in [-0.25, -0.2) is 0 Å². The summed E-state index contributed by atoms with van der Waals surface area (Å²) in [4.78, 5) is 32.8. The molecule has 0 saturated carbocycles. The van der Waals surface area contributed by atoms with Crippen molar-refractivity contribution in [2.45, 2.75) is 56.8 Å². The Morgan fingerprint density at radius 2 is 1.71 bits per heavy atom.